The van der Waals surface area contributed by atoms with E-state index in [1.165, 1.54) is 6.39 Å². The van der Waals surface area contributed by atoms with Crippen LogP contribution in [-0.4, -0.2) is 46.3 Å². The monoisotopic (exact) mass is 446 g/mol. The first-order valence-corrected chi connectivity index (χ1v) is 11.5. The summed E-state index contributed by atoms with van der Waals surface area (Å²) in [7, 11) is 0. The van der Waals surface area contributed by atoms with Gasteiger partial charge >= 0.3 is 0 Å². The van der Waals surface area contributed by atoms with E-state index in [1.807, 2.05) is 37.4 Å². The van der Waals surface area contributed by atoms with Gasteiger partial charge in [-0.1, -0.05) is 37.3 Å². The molecule has 0 atom stereocenters. The van der Waals surface area contributed by atoms with E-state index >= 15 is 0 Å². The van der Waals surface area contributed by atoms with Crippen molar-refractivity contribution in [2.75, 3.05) is 19.6 Å². The van der Waals surface area contributed by atoms with Crippen molar-refractivity contribution in [3.05, 3.63) is 72.2 Å². The lowest BCUT2D eigenvalue weighted by atomic mass is 9.72. The number of carbonyl (C=O) groups excluding carboxylic acids is 2. The highest BCUT2D eigenvalue weighted by molar-refractivity contribution is 5.93. The Bertz CT molecular complexity index is 1100. The minimum Gasteiger partial charge on any atom is -0.438 e. The molecule has 1 saturated heterocycles. The fourth-order valence-corrected chi connectivity index (χ4v) is 4.54. The molecule has 0 spiro atoms. The zero-order chi connectivity index (χ0) is 23.3. The summed E-state index contributed by atoms with van der Waals surface area (Å²) in [4.78, 5) is 36.4. The number of nitrogens with one attached hydrogen (secondary N) is 1. The lowest BCUT2D eigenvalue weighted by molar-refractivity contribution is -0.133. The number of aryl methyl sites for hydroxylation is 1. The van der Waals surface area contributed by atoms with Crippen LogP contribution in [0.5, 0.6) is 0 Å². The molecule has 1 fully saturated rings. The van der Waals surface area contributed by atoms with Crippen LogP contribution in [0.3, 0.4) is 0 Å². The smallest absolute Gasteiger partial charge is 0.291 e. The Balaban J connectivity index is 1.59. The molecule has 2 aromatic heterocycles. The van der Waals surface area contributed by atoms with Crippen molar-refractivity contribution in [1.29, 1.82) is 0 Å². The van der Waals surface area contributed by atoms with Crippen molar-refractivity contribution >= 4 is 11.8 Å². The summed E-state index contributed by atoms with van der Waals surface area (Å²) in [6, 6.07) is 12.2. The summed E-state index contributed by atoms with van der Waals surface area (Å²) in [5.74, 6) is 0.177. The summed E-state index contributed by atoms with van der Waals surface area (Å²) in [5, 5.41) is 3.12. The Morgan fingerprint density at radius 1 is 1.15 bits per heavy atom. The number of nitrogens with zero attached hydrogens (tertiary/aromatic N) is 3. The van der Waals surface area contributed by atoms with E-state index in [4.69, 9.17) is 4.42 Å². The molecule has 4 rings (SSSR count). The van der Waals surface area contributed by atoms with Crippen LogP contribution in [0.4, 0.5) is 0 Å². The normalized spacial score (nSPS) is 15.3. The van der Waals surface area contributed by atoms with Crippen LogP contribution >= 0.6 is 0 Å². The van der Waals surface area contributed by atoms with E-state index in [-0.39, 0.29) is 17.6 Å². The zero-order valence-electron chi connectivity index (χ0n) is 19.2. The number of aromatic nitrogens is 2. The lowest BCUT2D eigenvalue weighted by Gasteiger charge is -2.41. The second-order valence-electron chi connectivity index (χ2n) is 8.67. The van der Waals surface area contributed by atoms with Crippen LogP contribution in [0.2, 0.25) is 0 Å². The Kier molecular flexibility index (Phi) is 6.87. The minimum atomic E-state index is -0.583. The predicted molar refractivity (Wildman–Crippen MR) is 125 cm³/mol. The average Bonchev–Trinajstić information content (AvgIpc) is 3.29. The maximum Gasteiger partial charge on any atom is 0.291 e. The molecule has 0 saturated carbocycles. The van der Waals surface area contributed by atoms with Crippen LogP contribution < -0.4 is 5.32 Å². The van der Waals surface area contributed by atoms with Gasteiger partial charge in [-0.2, -0.15) is 0 Å². The van der Waals surface area contributed by atoms with Gasteiger partial charge in [0.1, 0.15) is 0 Å². The molecular formula is C26H30N4O3. The molecule has 0 radical (unpaired) electrons. The van der Waals surface area contributed by atoms with Crippen LogP contribution in [-0.2, 0) is 11.2 Å². The Morgan fingerprint density at radius 3 is 2.61 bits per heavy atom. The van der Waals surface area contributed by atoms with Gasteiger partial charge in [-0.25, -0.2) is 4.98 Å². The third-order valence-corrected chi connectivity index (χ3v) is 6.48. The van der Waals surface area contributed by atoms with E-state index in [1.54, 1.807) is 18.0 Å². The van der Waals surface area contributed by atoms with Gasteiger partial charge in [-0.15, -0.1) is 0 Å². The molecule has 0 unspecified atom stereocenters. The highest BCUT2D eigenvalue weighted by atomic mass is 16.3. The quantitative estimate of drug-likeness (QED) is 0.592. The van der Waals surface area contributed by atoms with Crippen LogP contribution in [0.15, 0.2) is 59.6 Å². The molecule has 0 bridgehead atoms. The van der Waals surface area contributed by atoms with Gasteiger partial charge in [-0.05, 0) is 49.8 Å². The standard InChI is InChI=1S/C26H30N4O3/c1-3-12-28-25(32)26(10-14-30(15-11-26)24(31)23-19(2)29-18-33-23)16-20-7-4-5-9-22(20)21-8-6-13-27-17-21/h4-9,13,17-18H,3,10-12,14-16H2,1-2H3,(H,28,32). The molecule has 7 nitrogen and oxygen atoms in total. The van der Waals surface area contributed by atoms with Gasteiger partial charge in [-0.3, -0.25) is 14.6 Å². The number of hydrogen-bond donors (Lipinski definition) is 1. The molecular weight excluding hydrogens is 416 g/mol. The van der Waals surface area contributed by atoms with E-state index in [2.05, 4.69) is 27.4 Å². The van der Waals surface area contributed by atoms with Gasteiger partial charge in [0.15, 0.2) is 6.39 Å². The Morgan fingerprint density at radius 2 is 1.94 bits per heavy atom. The third kappa shape index (κ3) is 4.82. The van der Waals surface area contributed by atoms with Crippen LogP contribution in [0.25, 0.3) is 11.1 Å². The molecule has 1 aliphatic heterocycles. The second-order valence-corrected chi connectivity index (χ2v) is 8.67. The number of hydrogen-bond acceptors (Lipinski definition) is 5. The predicted octanol–water partition coefficient (Wildman–Crippen LogP) is 4.04. The van der Waals surface area contributed by atoms with Crippen molar-refractivity contribution in [2.45, 2.75) is 39.5 Å². The van der Waals surface area contributed by atoms with Crippen molar-refractivity contribution in [1.82, 2.24) is 20.2 Å². The largest absolute Gasteiger partial charge is 0.438 e. The summed E-state index contributed by atoms with van der Waals surface area (Å²) >= 11 is 0. The second kappa shape index (κ2) is 9.98. The number of carbonyl (C=O) groups is 2. The number of oxazole rings is 1. The molecule has 2 amide bonds. The summed E-state index contributed by atoms with van der Waals surface area (Å²) in [6.07, 6.45) is 7.56. The van der Waals surface area contributed by atoms with Gasteiger partial charge in [0.25, 0.3) is 5.91 Å². The SMILES string of the molecule is CCCNC(=O)C1(Cc2ccccc2-c2cccnc2)CCN(C(=O)c2ocnc2C)CC1. The molecule has 3 aromatic rings. The Labute approximate surface area is 194 Å². The number of pyridine rings is 1. The fourth-order valence-electron chi connectivity index (χ4n) is 4.54. The maximum absolute atomic E-state index is 13.4. The first-order chi connectivity index (χ1) is 16.0. The number of benzene rings is 1. The lowest BCUT2D eigenvalue weighted by Crippen LogP contribution is -2.51. The van der Waals surface area contributed by atoms with Crippen LogP contribution in [0.1, 0.15) is 48.0 Å². The average molecular weight is 447 g/mol. The van der Waals surface area contributed by atoms with Crippen molar-refractivity contribution in [2.24, 2.45) is 5.41 Å². The first-order valence-electron chi connectivity index (χ1n) is 11.5. The van der Waals surface area contributed by atoms with E-state index in [0.717, 1.165) is 23.1 Å². The molecule has 1 aromatic carbocycles. The number of likely N-dealkylation sites (tertiary alicyclic amines) is 1. The molecule has 3 heterocycles. The van der Waals surface area contributed by atoms with Crippen molar-refractivity contribution in [3.8, 4) is 11.1 Å². The highest BCUT2D eigenvalue weighted by Gasteiger charge is 2.43. The maximum atomic E-state index is 13.4. The van der Waals surface area contributed by atoms with Gasteiger partial charge in [0.2, 0.25) is 11.7 Å². The van der Waals surface area contributed by atoms with Crippen molar-refractivity contribution < 1.29 is 14.0 Å². The molecule has 1 N–H and O–H groups in total. The molecule has 1 aliphatic rings. The Hall–Kier alpha value is -3.48. The van der Waals surface area contributed by atoms with Crippen molar-refractivity contribution in [3.63, 3.8) is 0 Å². The minimum absolute atomic E-state index is 0.0632. The number of piperidine rings is 1. The van der Waals surface area contributed by atoms with E-state index in [0.29, 0.717) is 44.6 Å². The number of rotatable bonds is 7. The highest BCUT2D eigenvalue weighted by Crippen LogP contribution is 2.38. The van der Waals surface area contributed by atoms with E-state index < -0.39 is 5.41 Å². The molecule has 7 heteroatoms. The molecule has 0 aliphatic carbocycles. The summed E-state index contributed by atoms with van der Waals surface area (Å²) in [6.45, 7) is 5.44. The van der Waals surface area contributed by atoms with Gasteiger partial charge < -0.3 is 14.6 Å². The number of amides is 2. The topological polar surface area (TPSA) is 88.3 Å². The fraction of sp³-hybridized carbons (Fsp3) is 0.385. The third-order valence-electron chi connectivity index (χ3n) is 6.48. The molecule has 172 valence electrons. The van der Waals surface area contributed by atoms with Crippen LogP contribution in [0, 0.1) is 12.3 Å². The summed E-state index contributed by atoms with van der Waals surface area (Å²) < 4.78 is 5.30. The van der Waals surface area contributed by atoms with Gasteiger partial charge in [0.05, 0.1) is 11.1 Å². The first kappa shape index (κ1) is 22.7. The van der Waals surface area contributed by atoms with Gasteiger partial charge in [0, 0.05) is 37.6 Å². The van der Waals surface area contributed by atoms with E-state index in [9.17, 15) is 9.59 Å². The summed E-state index contributed by atoms with van der Waals surface area (Å²) in [5.41, 5.74) is 3.24. The zero-order valence-corrected chi connectivity index (χ0v) is 19.2. The molecule has 33 heavy (non-hydrogen) atoms.